The van der Waals surface area contributed by atoms with Crippen LogP contribution >= 0.6 is 0 Å². The van der Waals surface area contributed by atoms with Gasteiger partial charge in [0.2, 0.25) is 0 Å². The maximum Gasteiger partial charge on any atom is 0.310 e. The second kappa shape index (κ2) is 7.12. The average molecular weight is 320 g/mol. The lowest BCUT2D eigenvalue weighted by atomic mass is 9.98. The van der Waals surface area contributed by atoms with Crippen molar-refractivity contribution in [3.05, 3.63) is 18.0 Å². The van der Waals surface area contributed by atoms with Crippen molar-refractivity contribution in [3.63, 3.8) is 0 Å². The molecule has 2 aliphatic rings. The van der Waals surface area contributed by atoms with E-state index in [-0.39, 0.29) is 17.8 Å². The summed E-state index contributed by atoms with van der Waals surface area (Å²) in [5, 5.41) is 7.82. The highest BCUT2D eigenvalue weighted by Gasteiger charge is 2.30. The van der Waals surface area contributed by atoms with Gasteiger partial charge in [0.15, 0.2) is 0 Å². The fourth-order valence-corrected chi connectivity index (χ4v) is 3.40. The Morgan fingerprint density at radius 3 is 2.96 bits per heavy atom. The lowest BCUT2D eigenvalue weighted by Crippen LogP contribution is -2.42. The zero-order valence-corrected chi connectivity index (χ0v) is 13.5. The van der Waals surface area contributed by atoms with E-state index in [1.165, 1.54) is 7.11 Å². The van der Waals surface area contributed by atoms with Gasteiger partial charge in [0.1, 0.15) is 5.69 Å². The van der Waals surface area contributed by atoms with Gasteiger partial charge >= 0.3 is 5.97 Å². The van der Waals surface area contributed by atoms with Gasteiger partial charge in [0, 0.05) is 25.8 Å². The molecule has 2 atom stereocenters. The van der Waals surface area contributed by atoms with Crippen molar-refractivity contribution in [2.24, 2.45) is 5.92 Å². The zero-order chi connectivity index (χ0) is 16.2. The van der Waals surface area contributed by atoms with Crippen molar-refractivity contribution >= 4 is 11.9 Å². The van der Waals surface area contributed by atoms with E-state index >= 15 is 0 Å². The first-order valence-electron chi connectivity index (χ1n) is 8.32. The topological polar surface area (TPSA) is 76.5 Å². The molecule has 0 saturated carbocycles. The van der Waals surface area contributed by atoms with E-state index in [2.05, 4.69) is 10.4 Å². The van der Waals surface area contributed by atoms with Gasteiger partial charge in [0.25, 0.3) is 5.91 Å². The van der Waals surface area contributed by atoms with Gasteiger partial charge in [-0.1, -0.05) is 0 Å². The molecule has 1 aromatic heterocycles. The first-order chi connectivity index (χ1) is 11.2. The molecular formula is C16H24N4O3. The molecule has 0 aromatic carbocycles. The molecule has 0 spiro atoms. The number of ether oxygens (including phenoxy) is 1. The number of esters is 1. The number of carbonyl (C=O) groups is 2. The van der Waals surface area contributed by atoms with Crippen molar-refractivity contribution < 1.29 is 14.3 Å². The minimum Gasteiger partial charge on any atom is -0.469 e. The van der Waals surface area contributed by atoms with Gasteiger partial charge in [-0.15, -0.1) is 0 Å². The Morgan fingerprint density at radius 2 is 2.22 bits per heavy atom. The Balaban J connectivity index is 1.65. The van der Waals surface area contributed by atoms with Crippen LogP contribution in [0.1, 0.15) is 42.2 Å². The van der Waals surface area contributed by atoms with E-state index in [0.29, 0.717) is 24.8 Å². The fourth-order valence-electron chi connectivity index (χ4n) is 3.40. The van der Waals surface area contributed by atoms with Crippen molar-refractivity contribution in [3.8, 4) is 0 Å². The van der Waals surface area contributed by atoms with Crippen molar-refractivity contribution in [2.75, 3.05) is 33.3 Å². The third kappa shape index (κ3) is 3.55. The van der Waals surface area contributed by atoms with Gasteiger partial charge < -0.3 is 15.0 Å². The van der Waals surface area contributed by atoms with Crippen LogP contribution in [-0.2, 0) is 9.53 Å². The minimum absolute atomic E-state index is 0.0962. The molecule has 2 saturated heterocycles. The van der Waals surface area contributed by atoms with Crippen molar-refractivity contribution in [1.82, 2.24) is 20.0 Å². The number of likely N-dealkylation sites (tertiary alicyclic amines) is 1. The van der Waals surface area contributed by atoms with Crippen LogP contribution in [-0.4, -0.2) is 59.8 Å². The number of hydrogen-bond acceptors (Lipinski definition) is 5. The molecule has 126 valence electrons. The SMILES string of the molecule is COC(=O)C1CCCN(C(=O)c2ccn(C3CCCNC3)n2)C1. The Morgan fingerprint density at radius 1 is 1.35 bits per heavy atom. The number of nitrogens with one attached hydrogen (secondary N) is 1. The van der Waals surface area contributed by atoms with E-state index in [4.69, 9.17) is 4.74 Å². The molecule has 1 aromatic rings. The monoisotopic (exact) mass is 320 g/mol. The number of aromatic nitrogens is 2. The fraction of sp³-hybridized carbons (Fsp3) is 0.688. The summed E-state index contributed by atoms with van der Waals surface area (Å²) in [6, 6.07) is 2.09. The third-order valence-electron chi connectivity index (χ3n) is 4.72. The number of methoxy groups -OCH3 is 1. The van der Waals surface area contributed by atoms with Crippen LogP contribution < -0.4 is 5.32 Å². The molecule has 1 amide bonds. The Hall–Kier alpha value is -1.89. The van der Waals surface area contributed by atoms with Crippen LogP contribution in [0.4, 0.5) is 0 Å². The number of rotatable bonds is 3. The largest absolute Gasteiger partial charge is 0.469 e. The molecule has 7 heteroatoms. The first kappa shape index (κ1) is 16.0. The quantitative estimate of drug-likeness (QED) is 0.835. The molecule has 2 unspecified atom stereocenters. The van der Waals surface area contributed by atoms with Crippen molar-refractivity contribution in [2.45, 2.75) is 31.7 Å². The number of carbonyl (C=O) groups excluding carboxylic acids is 2. The summed E-state index contributed by atoms with van der Waals surface area (Å²) in [7, 11) is 1.39. The number of hydrogen-bond donors (Lipinski definition) is 1. The summed E-state index contributed by atoms with van der Waals surface area (Å²) in [5.41, 5.74) is 0.459. The van der Waals surface area contributed by atoms with Crippen LogP contribution in [0, 0.1) is 5.92 Å². The number of piperidine rings is 2. The van der Waals surface area contributed by atoms with Gasteiger partial charge in [-0.05, 0) is 38.3 Å². The first-order valence-corrected chi connectivity index (χ1v) is 8.32. The van der Waals surface area contributed by atoms with Crippen LogP contribution in [0.25, 0.3) is 0 Å². The predicted molar refractivity (Wildman–Crippen MR) is 84.0 cm³/mol. The van der Waals surface area contributed by atoms with Gasteiger partial charge in [-0.2, -0.15) is 5.10 Å². The molecule has 23 heavy (non-hydrogen) atoms. The molecule has 0 radical (unpaired) electrons. The standard InChI is InChI=1S/C16H24N4O3/c1-23-16(22)12-4-3-8-19(11-12)15(21)14-6-9-20(18-14)13-5-2-7-17-10-13/h6,9,12-13,17H,2-5,7-8,10-11H2,1H3. The van der Waals surface area contributed by atoms with E-state index in [9.17, 15) is 9.59 Å². The molecular weight excluding hydrogens is 296 g/mol. The summed E-state index contributed by atoms with van der Waals surface area (Å²) in [5.74, 6) is -0.551. The maximum absolute atomic E-state index is 12.6. The second-order valence-corrected chi connectivity index (χ2v) is 6.29. The molecule has 3 heterocycles. The summed E-state index contributed by atoms with van der Waals surface area (Å²) in [6.07, 6.45) is 5.68. The molecule has 0 bridgehead atoms. The summed E-state index contributed by atoms with van der Waals surface area (Å²) in [4.78, 5) is 26.0. The number of nitrogens with zero attached hydrogens (tertiary/aromatic N) is 3. The Labute approximate surface area is 136 Å². The zero-order valence-electron chi connectivity index (χ0n) is 13.5. The summed E-state index contributed by atoms with van der Waals surface area (Å²) >= 11 is 0. The molecule has 1 N–H and O–H groups in total. The van der Waals surface area contributed by atoms with E-state index < -0.39 is 0 Å². The highest BCUT2D eigenvalue weighted by molar-refractivity contribution is 5.92. The molecule has 3 rings (SSSR count). The lowest BCUT2D eigenvalue weighted by Gasteiger charge is -2.30. The normalized spacial score (nSPS) is 25.2. The number of amides is 1. The highest BCUT2D eigenvalue weighted by atomic mass is 16.5. The van der Waals surface area contributed by atoms with Gasteiger partial charge in [-0.25, -0.2) is 0 Å². The maximum atomic E-state index is 12.6. The summed E-state index contributed by atoms with van der Waals surface area (Å²) < 4.78 is 6.69. The smallest absolute Gasteiger partial charge is 0.310 e. The molecule has 7 nitrogen and oxygen atoms in total. The highest BCUT2D eigenvalue weighted by Crippen LogP contribution is 2.20. The van der Waals surface area contributed by atoms with Gasteiger partial charge in [-0.3, -0.25) is 14.3 Å². The van der Waals surface area contributed by atoms with Crippen LogP contribution in [0.5, 0.6) is 0 Å². The van der Waals surface area contributed by atoms with Crippen LogP contribution in [0.15, 0.2) is 12.3 Å². The van der Waals surface area contributed by atoms with Gasteiger partial charge in [0.05, 0.1) is 19.1 Å². The Kier molecular flexibility index (Phi) is 4.95. The van der Waals surface area contributed by atoms with Crippen LogP contribution in [0.3, 0.4) is 0 Å². The third-order valence-corrected chi connectivity index (χ3v) is 4.72. The summed E-state index contributed by atoms with van der Waals surface area (Å²) in [6.45, 7) is 3.03. The lowest BCUT2D eigenvalue weighted by molar-refractivity contribution is -0.146. The van der Waals surface area contributed by atoms with E-state index in [0.717, 1.165) is 38.8 Å². The van der Waals surface area contributed by atoms with E-state index in [1.54, 1.807) is 11.0 Å². The van der Waals surface area contributed by atoms with Crippen molar-refractivity contribution in [1.29, 1.82) is 0 Å². The average Bonchev–Trinajstić information content (AvgIpc) is 3.11. The molecule has 2 aliphatic heterocycles. The molecule has 2 fully saturated rings. The second-order valence-electron chi connectivity index (χ2n) is 6.29. The van der Waals surface area contributed by atoms with Crippen LogP contribution in [0.2, 0.25) is 0 Å². The predicted octanol–water partition coefficient (Wildman–Crippen LogP) is 0.833. The molecule has 0 aliphatic carbocycles. The Bertz CT molecular complexity index is 565. The minimum atomic E-state index is -0.235. The van der Waals surface area contributed by atoms with E-state index in [1.807, 2.05) is 10.9 Å².